The van der Waals surface area contributed by atoms with Gasteiger partial charge in [-0.05, 0) is 18.2 Å². The summed E-state index contributed by atoms with van der Waals surface area (Å²) in [5, 5.41) is 19.1. The Labute approximate surface area is 104 Å². The van der Waals surface area contributed by atoms with Crippen LogP contribution in [0.3, 0.4) is 0 Å². The van der Waals surface area contributed by atoms with Gasteiger partial charge in [-0.25, -0.2) is 4.79 Å². The highest BCUT2D eigenvalue weighted by atomic mass is 35.5. The fourth-order valence-electron chi connectivity index (χ4n) is 0.963. The molecule has 16 heavy (non-hydrogen) atoms. The summed E-state index contributed by atoms with van der Waals surface area (Å²) in [6, 6.07) is 4.98. The fourth-order valence-corrected chi connectivity index (χ4v) is 2.72. The van der Waals surface area contributed by atoms with Crippen LogP contribution in [0.5, 0.6) is 0 Å². The molecule has 0 fully saturated rings. The second-order valence-electron chi connectivity index (χ2n) is 2.75. The molecule has 0 atom stereocenters. The Morgan fingerprint density at radius 1 is 1.44 bits per heavy atom. The Bertz CT molecular complexity index is 512. The van der Waals surface area contributed by atoms with Crippen LogP contribution in [0.25, 0.3) is 0 Å². The van der Waals surface area contributed by atoms with Crippen molar-refractivity contribution in [2.75, 3.05) is 0 Å². The first-order valence-corrected chi connectivity index (χ1v) is 6.21. The van der Waals surface area contributed by atoms with E-state index in [4.69, 9.17) is 16.7 Å². The van der Waals surface area contributed by atoms with E-state index in [9.17, 15) is 4.79 Å². The summed E-state index contributed by atoms with van der Waals surface area (Å²) in [4.78, 5) is 11.8. The summed E-state index contributed by atoms with van der Waals surface area (Å²) < 4.78 is 0. The molecule has 4 nitrogen and oxygen atoms in total. The maximum Gasteiger partial charge on any atom is 0.345 e. The third-order valence-corrected chi connectivity index (χ3v) is 3.78. The second-order valence-corrected chi connectivity index (χ2v) is 5.14. The average molecular weight is 273 g/mol. The van der Waals surface area contributed by atoms with Gasteiger partial charge in [-0.15, -0.1) is 21.5 Å². The molecule has 2 aromatic rings. The summed E-state index contributed by atoms with van der Waals surface area (Å²) in [6.45, 7) is 0. The van der Waals surface area contributed by atoms with Gasteiger partial charge in [0.05, 0.1) is 0 Å². The Balaban J connectivity index is 2.14. The Morgan fingerprint density at radius 2 is 2.25 bits per heavy atom. The van der Waals surface area contributed by atoms with E-state index in [1.165, 1.54) is 23.1 Å². The van der Waals surface area contributed by atoms with Crippen molar-refractivity contribution in [3.63, 3.8) is 0 Å². The molecular formula is C9H5ClN2O2S2. The van der Waals surface area contributed by atoms with Crippen molar-refractivity contribution in [3.05, 3.63) is 33.6 Å². The van der Waals surface area contributed by atoms with Gasteiger partial charge in [-0.3, -0.25) is 0 Å². The van der Waals surface area contributed by atoms with Crippen LogP contribution in [0.1, 0.15) is 9.67 Å². The summed E-state index contributed by atoms with van der Waals surface area (Å²) in [7, 11) is 0. The average Bonchev–Trinajstić information content (AvgIpc) is 2.70. The second kappa shape index (κ2) is 4.82. The Kier molecular flexibility index (Phi) is 3.42. The van der Waals surface area contributed by atoms with E-state index in [-0.39, 0.29) is 0 Å². The lowest BCUT2D eigenvalue weighted by atomic mass is 10.5. The number of carboxylic acid groups (broad SMARTS) is 1. The molecule has 0 aliphatic carbocycles. The van der Waals surface area contributed by atoms with E-state index in [0.717, 1.165) is 4.90 Å². The first kappa shape index (κ1) is 11.4. The first-order valence-electron chi connectivity index (χ1n) is 4.14. The number of carboxylic acids is 1. The minimum atomic E-state index is -0.918. The lowest BCUT2D eigenvalue weighted by Gasteiger charge is -1.95. The van der Waals surface area contributed by atoms with Crippen LogP contribution in [0.4, 0.5) is 0 Å². The standard InChI is InChI=1S/C9H5ClN2O2S2/c10-7-1-2-8(12-11-7)16-5-3-6(9(13)14)15-4-5/h1-4H,(H,13,14). The third kappa shape index (κ3) is 2.72. The number of rotatable bonds is 3. The van der Waals surface area contributed by atoms with Crippen LogP contribution in [-0.2, 0) is 0 Å². The van der Waals surface area contributed by atoms with Crippen molar-refractivity contribution >= 4 is 40.7 Å². The molecule has 0 saturated heterocycles. The summed E-state index contributed by atoms with van der Waals surface area (Å²) >= 11 is 8.14. The van der Waals surface area contributed by atoms with Crippen LogP contribution >= 0.6 is 34.7 Å². The number of hydrogen-bond acceptors (Lipinski definition) is 5. The number of nitrogens with zero attached hydrogens (tertiary/aromatic N) is 2. The molecule has 2 aromatic heterocycles. The molecule has 0 aliphatic rings. The SMILES string of the molecule is O=C(O)c1cc(Sc2ccc(Cl)nn2)cs1. The molecule has 0 saturated carbocycles. The number of aromatic carboxylic acids is 1. The molecule has 0 spiro atoms. The molecule has 0 radical (unpaired) electrons. The van der Waals surface area contributed by atoms with E-state index < -0.39 is 5.97 Å². The van der Waals surface area contributed by atoms with Crippen molar-refractivity contribution in [2.45, 2.75) is 9.92 Å². The molecule has 82 valence electrons. The van der Waals surface area contributed by atoms with Gasteiger partial charge in [0.15, 0.2) is 5.15 Å². The van der Waals surface area contributed by atoms with Gasteiger partial charge < -0.3 is 5.11 Å². The van der Waals surface area contributed by atoms with E-state index >= 15 is 0 Å². The van der Waals surface area contributed by atoms with E-state index in [0.29, 0.717) is 15.1 Å². The number of aromatic nitrogens is 2. The quantitative estimate of drug-likeness (QED) is 0.930. The smallest absolute Gasteiger partial charge is 0.345 e. The molecule has 0 amide bonds. The van der Waals surface area contributed by atoms with Crippen molar-refractivity contribution < 1.29 is 9.90 Å². The van der Waals surface area contributed by atoms with Gasteiger partial charge in [-0.1, -0.05) is 23.4 Å². The molecule has 2 heterocycles. The van der Waals surface area contributed by atoms with Crippen LogP contribution in [0, 0.1) is 0 Å². The van der Waals surface area contributed by atoms with Crippen LogP contribution in [0.15, 0.2) is 33.5 Å². The van der Waals surface area contributed by atoms with Gasteiger partial charge in [-0.2, -0.15) is 0 Å². The number of carbonyl (C=O) groups is 1. The molecule has 1 N–H and O–H groups in total. The zero-order valence-corrected chi connectivity index (χ0v) is 10.1. The van der Waals surface area contributed by atoms with Crippen LogP contribution < -0.4 is 0 Å². The van der Waals surface area contributed by atoms with Gasteiger partial charge in [0, 0.05) is 10.3 Å². The highest BCUT2D eigenvalue weighted by molar-refractivity contribution is 7.99. The van der Waals surface area contributed by atoms with E-state index in [1.807, 2.05) is 0 Å². The van der Waals surface area contributed by atoms with Crippen molar-refractivity contribution in [1.82, 2.24) is 10.2 Å². The minimum absolute atomic E-state index is 0.310. The summed E-state index contributed by atoms with van der Waals surface area (Å²) in [5.41, 5.74) is 0. The molecule has 0 bridgehead atoms. The van der Waals surface area contributed by atoms with E-state index in [1.54, 1.807) is 23.6 Å². The zero-order chi connectivity index (χ0) is 11.5. The third-order valence-electron chi connectivity index (χ3n) is 1.62. The topological polar surface area (TPSA) is 63.1 Å². The van der Waals surface area contributed by atoms with Gasteiger partial charge in [0.25, 0.3) is 0 Å². The lowest BCUT2D eigenvalue weighted by molar-refractivity contribution is 0.0702. The fraction of sp³-hybridized carbons (Fsp3) is 0. The minimum Gasteiger partial charge on any atom is -0.477 e. The number of halogens is 1. The Hall–Kier alpha value is -1.11. The molecule has 0 unspecified atom stereocenters. The first-order chi connectivity index (χ1) is 7.65. The molecule has 0 aliphatic heterocycles. The highest BCUT2D eigenvalue weighted by Crippen LogP contribution is 2.29. The zero-order valence-electron chi connectivity index (χ0n) is 7.75. The van der Waals surface area contributed by atoms with Crippen molar-refractivity contribution in [2.24, 2.45) is 0 Å². The largest absolute Gasteiger partial charge is 0.477 e. The number of thiophene rings is 1. The maximum absolute atomic E-state index is 10.7. The maximum atomic E-state index is 10.7. The Morgan fingerprint density at radius 3 is 2.81 bits per heavy atom. The monoisotopic (exact) mass is 272 g/mol. The van der Waals surface area contributed by atoms with Crippen LogP contribution in [0.2, 0.25) is 5.15 Å². The van der Waals surface area contributed by atoms with E-state index in [2.05, 4.69) is 10.2 Å². The van der Waals surface area contributed by atoms with Crippen molar-refractivity contribution in [1.29, 1.82) is 0 Å². The van der Waals surface area contributed by atoms with Gasteiger partial charge in [0.1, 0.15) is 9.90 Å². The van der Waals surface area contributed by atoms with Crippen molar-refractivity contribution in [3.8, 4) is 0 Å². The van der Waals surface area contributed by atoms with Gasteiger partial charge in [0.2, 0.25) is 0 Å². The molecule has 7 heteroatoms. The summed E-state index contributed by atoms with van der Waals surface area (Å²) in [6.07, 6.45) is 0. The molecular weight excluding hydrogens is 268 g/mol. The van der Waals surface area contributed by atoms with Crippen LogP contribution in [-0.4, -0.2) is 21.3 Å². The normalized spacial score (nSPS) is 10.3. The molecule has 2 rings (SSSR count). The number of hydrogen-bond donors (Lipinski definition) is 1. The summed E-state index contributed by atoms with van der Waals surface area (Å²) in [5.74, 6) is -0.918. The molecule has 0 aromatic carbocycles. The predicted molar refractivity (Wildman–Crippen MR) is 62.4 cm³/mol. The lowest BCUT2D eigenvalue weighted by Crippen LogP contribution is -1.89. The highest BCUT2D eigenvalue weighted by Gasteiger charge is 2.08. The van der Waals surface area contributed by atoms with Gasteiger partial charge >= 0.3 is 5.97 Å². The predicted octanol–water partition coefficient (Wildman–Crippen LogP) is 3.04.